The van der Waals surface area contributed by atoms with Gasteiger partial charge in [-0.3, -0.25) is 0 Å². The van der Waals surface area contributed by atoms with Crippen LogP contribution in [0.15, 0.2) is 23.4 Å². The molecule has 0 aromatic heterocycles. The Morgan fingerprint density at radius 3 is 2.94 bits per heavy atom. The van der Waals surface area contributed by atoms with Crippen molar-refractivity contribution < 1.29 is 0 Å². The molecule has 92 valence electrons. The predicted octanol–water partition coefficient (Wildman–Crippen LogP) is 4.42. The topological polar surface area (TPSA) is 12.0 Å². The first kappa shape index (κ1) is 13.3. The zero-order valence-corrected chi connectivity index (χ0v) is 11.2. The molecule has 1 nitrogen and oxygen atoms in total. The van der Waals surface area contributed by atoms with Crippen molar-refractivity contribution in [2.75, 3.05) is 6.54 Å². The summed E-state index contributed by atoms with van der Waals surface area (Å²) in [5.74, 6) is 0.818. The normalized spacial score (nSPS) is 26.9. The van der Waals surface area contributed by atoms with Gasteiger partial charge in [-0.2, -0.15) is 0 Å². The molecule has 0 fully saturated rings. The van der Waals surface area contributed by atoms with Crippen LogP contribution in [0, 0.1) is 5.92 Å². The van der Waals surface area contributed by atoms with Gasteiger partial charge in [0.05, 0.1) is 0 Å². The summed E-state index contributed by atoms with van der Waals surface area (Å²) in [6, 6.07) is 0. The molecule has 1 unspecified atom stereocenters. The molecular formula is C15H27N. The summed E-state index contributed by atoms with van der Waals surface area (Å²) in [4.78, 5) is 0. The molecule has 1 aliphatic heterocycles. The van der Waals surface area contributed by atoms with Gasteiger partial charge in [-0.1, -0.05) is 37.5 Å². The second-order valence-corrected chi connectivity index (χ2v) is 5.13. The molecule has 16 heavy (non-hydrogen) atoms. The Labute approximate surface area is 101 Å². The van der Waals surface area contributed by atoms with E-state index in [4.69, 9.17) is 0 Å². The van der Waals surface area contributed by atoms with Gasteiger partial charge in [0.15, 0.2) is 0 Å². The summed E-state index contributed by atoms with van der Waals surface area (Å²) >= 11 is 0. The molecule has 1 heteroatoms. The summed E-state index contributed by atoms with van der Waals surface area (Å²) in [5, 5.41) is 3.43. The van der Waals surface area contributed by atoms with Gasteiger partial charge in [-0.25, -0.2) is 0 Å². The zero-order valence-electron chi connectivity index (χ0n) is 11.2. The standard InChI is InChI=1S/C15H27N/c1-4-13(2)11-15-12-16-10-8-6-5-7-9-14(15)3/h8,10,13,16H,4-7,9,11-12H2,1-3H3/b10-8+,15-14-. The lowest BCUT2D eigenvalue weighted by molar-refractivity contribution is 0.543. The first-order chi connectivity index (χ1) is 7.74. The molecule has 1 aliphatic rings. The van der Waals surface area contributed by atoms with Crippen LogP contribution in [0.4, 0.5) is 0 Å². The fraction of sp³-hybridized carbons (Fsp3) is 0.733. The minimum absolute atomic E-state index is 0.818. The van der Waals surface area contributed by atoms with Gasteiger partial charge in [0.25, 0.3) is 0 Å². The molecule has 1 rings (SSSR count). The van der Waals surface area contributed by atoms with Crippen molar-refractivity contribution in [2.45, 2.75) is 59.3 Å². The number of rotatable bonds is 3. The van der Waals surface area contributed by atoms with Crippen LogP contribution in [0.3, 0.4) is 0 Å². The van der Waals surface area contributed by atoms with Crippen LogP contribution in [-0.4, -0.2) is 6.54 Å². The second kappa shape index (κ2) is 7.54. The number of nitrogens with one attached hydrogen (secondary N) is 1. The van der Waals surface area contributed by atoms with Crippen molar-refractivity contribution in [1.82, 2.24) is 5.32 Å². The van der Waals surface area contributed by atoms with E-state index in [1.165, 1.54) is 38.5 Å². The minimum atomic E-state index is 0.818. The Morgan fingerprint density at radius 2 is 2.19 bits per heavy atom. The molecule has 1 heterocycles. The van der Waals surface area contributed by atoms with Crippen LogP contribution in [-0.2, 0) is 0 Å². The lowest BCUT2D eigenvalue weighted by Gasteiger charge is -2.17. The Balaban J connectivity index is 2.61. The van der Waals surface area contributed by atoms with Crippen molar-refractivity contribution in [2.24, 2.45) is 5.92 Å². The highest BCUT2D eigenvalue weighted by Gasteiger charge is 2.07. The van der Waals surface area contributed by atoms with Crippen molar-refractivity contribution >= 4 is 0 Å². The van der Waals surface area contributed by atoms with E-state index >= 15 is 0 Å². The lowest BCUT2D eigenvalue weighted by Crippen LogP contribution is -2.14. The molecule has 0 aromatic carbocycles. The highest BCUT2D eigenvalue weighted by Crippen LogP contribution is 2.21. The second-order valence-electron chi connectivity index (χ2n) is 5.13. The summed E-state index contributed by atoms with van der Waals surface area (Å²) in [5.41, 5.74) is 3.27. The first-order valence-corrected chi connectivity index (χ1v) is 6.80. The zero-order chi connectivity index (χ0) is 11.8. The first-order valence-electron chi connectivity index (χ1n) is 6.80. The van der Waals surface area contributed by atoms with Gasteiger partial charge in [0.2, 0.25) is 0 Å². The molecule has 0 bridgehead atoms. The third-order valence-electron chi connectivity index (χ3n) is 3.62. The van der Waals surface area contributed by atoms with Gasteiger partial charge < -0.3 is 5.32 Å². The summed E-state index contributed by atoms with van der Waals surface area (Å²) in [6.07, 6.45) is 12.1. The maximum absolute atomic E-state index is 3.43. The van der Waals surface area contributed by atoms with E-state index < -0.39 is 0 Å². The number of hydrogen-bond donors (Lipinski definition) is 1. The fourth-order valence-electron chi connectivity index (χ4n) is 2.14. The van der Waals surface area contributed by atoms with Crippen molar-refractivity contribution in [1.29, 1.82) is 0 Å². The third kappa shape index (κ3) is 4.87. The minimum Gasteiger partial charge on any atom is -0.387 e. The van der Waals surface area contributed by atoms with Crippen LogP contribution in [0.5, 0.6) is 0 Å². The Bertz CT molecular complexity index is 250. The van der Waals surface area contributed by atoms with E-state index in [0.29, 0.717) is 0 Å². The third-order valence-corrected chi connectivity index (χ3v) is 3.62. The van der Waals surface area contributed by atoms with Crippen LogP contribution in [0.1, 0.15) is 59.3 Å². The maximum Gasteiger partial charge on any atom is 0.0357 e. The Kier molecular flexibility index (Phi) is 6.29. The Hall–Kier alpha value is -0.720. The molecule has 0 aliphatic carbocycles. The van der Waals surface area contributed by atoms with Crippen molar-refractivity contribution in [3.05, 3.63) is 23.4 Å². The van der Waals surface area contributed by atoms with Gasteiger partial charge in [-0.05, 0) is 51.1 Å². The van der Waals surface area contributed by atoms with E-state index in [9.17, 15) is 0 Å². The van der Waals surface area contributed by atoms with E-state index in [2.05, 4.69) is 38.4 Å². The predicted molar refractivity (Wildman–Crippen MR) is 72.4 cm³/mol. The molecule has 0 saturated heterocycles. The molecule has 1 N–H and O–H groups in total. The summed E-state index contributed by atoms with van der Waals surface area (Å²) < 4.78 is 0. The van der Waals surface area contributed by atoms with E-state index in [0.717, 1.165) is 12.5 Å². The van der Waals surface area contributed by atoms with Crippen molar-refractivity contribution in [3.8, 4) is 0 Å². The molecule has 0 amide bonds. The summed E-state index contributed by atoms with van der Waals surface area (Å²) in [7, 11) is 0. The fourth-order valence-corrected chi connectivity index (χ4v) is 2.14. The van der Waals surface area contributed by atoms with Crippen LogP contribution < -0.4 is 5.32 Å². The largest absolute Gasteiger partial charge is 0.387 e. The molecule has 0 saturated carbocycles. The lowest BCUT2D eigenvalue weighted by atomic mass is 9.93. The molecule has 1 atom stereocenters. The van der Waals surface area contributed by atoms with Gasteiger partial charge in [0, 0.05) is 6.54 Å². The maximum atomic E-state index is 3.43. The summed E-state index contributed by atoms with van der Waals surface area (Å²) in [6.45, 7) is 8.01. The monoisotopic (exact) mass is 221 g/mol. The molecular weight excluding hydrogens is 194 g/mol. The van der Waals surface area contributed by atoms with E-state index in [1.807, 2.05) is 0 Å². The average molecular weight is 221 g/mol. The van der Waals surface area contributed by atoms with Crippen LogP contribution in [0.2, 0.25) is 0 Å². The van der Waals surface area contributed by atoms with E-state index in [-0.39, 0.29) is 0 Å². The SMILES string of the molecule is CCC(C)C/C1=C(\C)CCCC/C=C/NC1. The van der Waals surface area contributed by atoms with Gasteiger partial charge in [-0.15, -0.1) is 0 Å². The Morgan fingerprint density at radius 1 is 1.38 bits per heavy atom. The molecule has 0 aromatic rings. The van der Waals surface area contributed by atoms with Crippen molar-refractivity contribution in [3.63, 3.8) is 0 Å². The van der Waals surface area contributed by atoms with Gasteiger partial charge in [0.1, 0.15) is 0 Å². The number of allylic oxidation sites excluding steroid dienone is 2. The van der Waals surface area contributed by atoms with Crippen LogP contribution in [0.25, 0.3) is 0 Å². The molecule has 0 spiro atoms. The number of hydrogen-bond acceptors (Lipinski definition) is 1. The van der Waals surface area contributed by atoms with Gasteiger partial charge >= 0.3 is 0 Å². The highest BCUT2D eigenvalue weighted by molar-refractivity contribution is 5.15. The highest BCUT2D eigenvalue weighted by atomic mass is 14.8. The average Bonchev–Trinajstić information content (AvgIpc) is 2.30. The van der Waals surface area contributed by atoms with E-state index in [1.54, 1.807) is 11.1 Å². The molecule has 0 radical (unpaired) electrons. The smallest absolute Gasteiger partial charge is 0.0357 e. The quantitative estimate of drug-likeness (QED) is 0.696. The van der Waals surface area contributed by atoms with Crippen LogP contribution >= 0.6 is 0 Å².